The van der Waals surface area contributed by atoms with Crippen LogP contribution in [0.1, 0.15) is 0 Å². The standard InChI is InChI=1S/C18H17Cl2N5OS/c19-12-1-2-15(14(20)9-12)23-16(26)10-24-4-6-25(7-5-24)17-13-3-8-27-18(13)22-11-21-17/h1-3,8-9,11H,4-7,10H2,(H,23,26). The molecular weight excluding hydrogens is 405 g/mol. The van der Waals surface area contributed by atoms with Crippen LogP contribution in [0.15, 0.2) is 36.0 Å². The van der Waals surface area contributed by atoms with Gasteiger partial charge in [0.2, 0.25) is 5.91 Å². The second kappa shape index (κ2) is 7.98. The molecule has 0 atom stereocenters. The lowest BCUT2D eigenvalue weighted by molar-refractivity contribution is -0.117. The average molecular weight is 422 g/mol. The van der Waals surface area contributed by atoms with Crippen LogP contribution in [0.4, 0.5) is 11.5 Å². The minimum atomic E-state index is -0.0880. The summed E-state index contributed by atoms with van der Waals surface area (Å²) in [6.07, 6.45) is 1.61. The molecule has 3 heterocycles. The predicted octanol–water partition coefficient (Wildman–Crippen LogP) is 3.76. The van der Waals surface area contributed by atoms with E-state index in [2.05, 4.69) is 31.2 Å². The molecule has 0 aliphatic carbocycles. The number of carbonyl (C=O) groups is 1. The third-order valence-corrected chi connectivity index (χ3v) is 5.85. The molecule has 2 aromatic heterocycles. The Kier molecular flexibility index (Phi) is 5.45. The maximum atomic E-state index is 12.3. The van der Waals surface area contributed by atoms with Gasteiger partial charge < -0.3 is 10.2 Å². The molecule has 6 nitrogen and oxygen atoms in total. The van der Waals surface area contributed by atoms with Crippen LogP contribution in [0, 0.1) is 0 Å². The highest BCUT2D eigenvalue weighted by molar-refractivity contribution is 7.16. The molecule has 1 N–H and O–H groups in total. The Morgan fingerprint density at radius 3 is 2.74 bits per heavy atom. The zero-order valence-corrected chi connectivity index (χ0v) is 16.7. The fourth-order valence-electron chi connectivity index (χ4n) is 3.13. The average Bonchev–Trinajstić information content (AvgIpc) is 3.13. The van der Waals surface area contributed by atoms with Crippen molar-refractivity contribution in [1.29, 1.82) is 0 Å². The number of halogens is 2. The van der Waals surface area contributed by atoms with Crippen LogP contribution >= 0.6 is 34.5 Å². The fourth-order valence-corrected chi connectivity index (χ4v) is 4.31. The zero-order chi connectivity index (χ0) is 18.8. The summed E-state index contributed by atoms with van der Waals surface area (Å²) < 4.78 is 0. The van der Waals surface area contributed by atoms with Gasteiger partial charge in [-0.2, -0.15) is 0 Å². The van der Waals surface area contributed by atoms with E-state index < -0.39 is 0 Å². The molecule has 1 aromatic carbocycles. The van der Waals surface area contributed by atoms with Gasteiger partial charge in [-0.15, -0.1) is 11.3 Å². The van der Waals surface area contributed by atoms with E-state index in [9.17, 15) is 4.79 Å². The molecule has 1 amide bonds. The van der Waals surface area contributed by atoms with Crippen LogP contribution in [0.2, 0.25) is 10.0 Å². The number of thiophene rings is 1. The van der Waals surface area contributed by atoms with E-state index >= 15 is 0 Å². The van der Waals surface area contributed by atoms with E-state index in [-0.39, 0.29) is 5.91 Å². The number of hydrogen-bond donors (Lipinski definition) is 1. The van der Waals surface area contributed by atoms with Crippen molar-refractivity contribution in [2.45, 2.75) is 0 Å². The van der Waals surface area contributed by atoms with Crippen LogP contribution < -0.4 is 10.2 Å². The Balaban J connectivity index is 1.34. The van der Waals surface area contributed by atoms with Gasteiger partial charge in [-0.05, 0) is 29.6 Å². The van der Waals surface area contributed by atoms with Crippen LogP contribution in [-0.4, -0.2) is 53.5 Å². The van der Waals surface area contributed by atoms with E-state index in [1.54, 1.807) is 35.9 Å². The normalized spacial score (nSPS) is 15.3. The van der Waals surface area contributed by atoms with Crippen LogP contribution in [0.3, 0.4) is 0 Å². The molecule has 1 saturated heterocycles. The molecule has 1 aliphatic heterocycles. The molecule has 3 aromatic rings. The van der Waals surface area contributed by atoms with Crippen molar-refractivity contribution < 1.29 is 4.79 Å². The highest BCUT2D eigenvalue weighted by Gasteiger charge is 2.22. The molecule has 0 radical (unpaired) electrons. The summed E-state index contributed by atoms with van der Waals surface area (Å²) in [6.45, 7) is 3.53. The second-order valence-corrected chi connectivity index (χ2v) is 8.01. The quantitative estimate of drug-likeness (QED) is 0.694. The molecule has 0 spiro atoms. The van der Waals surface area contributed by atoms with Crippen molar-refractivity contribution >= 4 is 62.2 Å². The first-order valence-electron chi connectivity index (χ1n) is 8.50. The Morgan fingerprint density at radius 1 is 1.15 bits per heavy atom. The lowest BCUT2D eigenvalue weighted by atomic mass is 10.2. The number of rotatable bonds is 4. The van der Waals surface area contributed by atoms with Crippen LogP contribution in [0.5, 0.6) is 0 Å². The second-order valence-electron chi connectivity index (χ2n) is 6.27. The first kappa shape index (κ1) is 18.4. The third-order valence-electron chi connectivity index (χ3n) is 4.48. The summed E-state index contributed by atoms with van der Waals surface area (Å²) in [7, 11) is 0. The third kappa shape index (κ3) is 4.16. The SMILES string of the molecule is O=C(CN1CCN(c2ncnc3sccc23)CC1)Nc1ccc(Cl)cc1Cl. The van der Waals surface area contributed by atoms with Gasteiger partial charge in [0.25, 0.3) is 0 Å². The Hall–Kier alpha value is -1.93. The number of fused-ring (bicyclic) bond motifs is 1. The number of nitrogens with one attached hydrogen (secondary N) is 1. The number of hydrogen-bond acceptors (Lipinski definition) is 6. The van der Waals surface area contributed by atoms with E-state index in [0.717, 1.165) is 42.2 Å². The molecule has 0 saturated carbocycles. The maximum Gasteiger partial charge on any atom is 0.238 e. The number of anilines is 2. The topological polar surface area (TPSA) is 61.4 Å². The van der Waals surface area contributed by atoms with Crippen LogP contribution in [0.25, 0.3) is 10.2 Å². The van der Waals surface area contributed by atoms with Gasteiger partial charge in [0.05, 0.1) is 22.6 Å². The first-order valence-corrected chi connectivity index (χ1v) is 10.1. The molecule has 0 bridgehead atoms. The van der Waals surface area contributed by atoms with Crippen molar-refractivity contribution in [3.8, 4) is 0 Å². The molecule has 1 aliphatic rings. The number of nitrogens with zero attached hydrogens (tertiary/aromatic N) is 4. The van der Waals surface area contributed by atoms with Gasteiger partial charge in [0, 0.05) is 31.2 Å². The molecule has 27 heavy (non-hydrogen) atoms. The predicted molar refractivity (Wildman–Crippen MR) is 111 cm³/mol. The summed E-state index contributed by atoms with van der Waals surface area (Å²) >= 11 is 13.6. The smallest absolute Gasteiger partial charge is 0.238 e. The summed E-state index contributed by atoms with van der Waals surface area (Å²) in [5.74, 6) is 0.883. The summed E-state index contributed by atoms with van der Waals surface area (Å²) in [5, 5.41) is 6.94. The van der Waals surface area contributed by atoms with Gasteiger partial charge in [-0.1, -0.05) is 23.2 Å². The monoisotopic (exact) mass is 421 g/mol. The van der Waals surface area contributed by atoms with Gasteiger partial charge in [-0.3, -0.25) is 9.69 Å². The number of carbonyl (C=O) groups excluding carboxylic acids is 1. The van der Waals surface area contributed by atoms with Gasteiger partial charge in [-0.25, -0.2) is 9.97 Å². The van der Waals surface area contributed by atoms with Gasteiger partial charge in [0.1, 0.15) is 17.0 Å². The fraction of sp³-hybridized carbons (Fsp3) is 0.278. The summed E-state index contributed by atoms with van der Waals surface area (Å²) in [5.41, 5.74) is 0.575. The van der Waals surface area contributed by atoms with Crippen molar-refractivity contribution in [1.82, 2.24) is 14.9 Å². The molecule has 9 heteroatoms. The molecule has 4 rings (SSSR count). The zero-order valence-electron chi connectivity index (χ0n) is 14.4. The molecule has 140 valence electrons. The minimum Gasteiger partial charge on any atom is -0.353 e. The van der Waals surface area contributed by atoms with Gasteiger partial charge in [0.15, 0.2) is 0 Å². The van der Waals surface area contributed by atoms with Crippen molar-refractivity contribution in [3.05, 3.63) is 46.0 Å². The van der Waals surface area contributed by atoms with Crippen molar-refractivity contribution in [2.75, 3.05) is 42.9 Å². The summed E-state index contributed by atoms with van der Waals surface area (Å²) in [4.78, 5) is 26.5. The molecule has 0 unspecified atom stereocenters. The lowest BCUT2D eigenvalue weighted by Gasteiger charge is -2.35. The Labute approximate surface area is 170 Å². The highest BCUT2D eigenvalue weighted by Crippen LogP contribution is 2.27. The largest absolute Gasteiger partial charge is 0.353 e. The Morgan fingerprint density at radius 2 is 1.96 bits per heavy atom. The molecular formula is C18H17Cl2N5OS. The number of amides is 1. The highest BCUT2D eigenvalue weighted by atomic mass is 35.5. The van der Waals surface area contributed by atoms with E-state index in [1.165, 1.54) is 0 Å². The molecule has 1 fully saturated rings. The number of aromatic nitrogens is 2. The number of benzene rings is 1. The van der Waals surface area contributed by atoms with Gasteiger partial charge >= 0.3 is 0 Å². The lowest BCUT2D eigenvalue weighted by Crippen LogP contribution is -2.49. The number of piperazine rings is 1. The maximum absolute atomic E-state index is 12.3. The van der Waals surface area contributed by atoms with Crippen molar-refractivity contribution in [2.24, 2.45) is 0 Å². The minimum absolute atomic E-state index is 0.0880. The van der Waals surface area contributed by atoms with Crippen LogP contribution in [-0.2, 0) is 4.79 Å². The summed E-state index contributed by atoms with van der Waals surface area (Å²) in [6, 6.07) is 7.09. The van der Waals surface area contributed by atoms with E-state index in [1.807, 2.05) is 5.38 Å². The first-order chi connectivity index (χ1) is 13.1. The van der Waals surface area contributed by atoms with Crippen molar-refractivity contribution in [3.63, 3.8) is 0 Å². The van der Waals surface area contributed by atoms with E-state index in [4.69, 9.17) is 23.2 Å². The van der Waals surface area contributed by atoms with E-state index in [0.29, 0.717) is 22.3 Å². The Bertz CT molecular complexity index is 971.